The van der Waals surface area contributed by atoms with Crippen LogP contribution in [0.15, 0.2) is 18.2 Å². The summed E-state index contributed by atoms with van der Waals surface area (Å²) < 4.78 is 0. The van der Waals surface area contributed by atoms with E-state index >= 15 is 0 Å². The molecule has 0 aromatic heterocycles. The molecule has 94 valence electrons. The van der Waals surface area contributed by atoms with Crippen LogP contribution in [-0.4, -0.2) is 29.9 Å². The van der Waals surface area contributed by atoms with Crippen molar-refractivity contribution in [3.8, 4) is 6.07 Å². The molecule has 4 heteroatoms. The van der Waals surface area contributed by atoms with Gasteiger partial charge >= 0.3 is 0 Å². The van der Waals surface area contributed by atoms with E-state index in [9.17, 15) is 4.79 Å². The number of nitrogens with zero attached hydrogens (tertiary/aromatic N) is 2. The van der Waals surface area contributed by atoms with E-state index in [0.29, 0.717) is 17.2 Å². The van der Waals surface area contributed by atoms with E-state index in [1.54, 1.807) is 19.1 Å². The van der Waals surface area contributed by atoms with Crippen LogP contribution in [0.5, 0.6) is 0 Å². The normalized spacial score (nSPS) is 19.4. The van der Waals surface area contributed by atoms with Crippen molar-refractivity contribution in [2.45, 2.75) is 19.9 Å². The van der Waals surface area contributed by atoms with Crippen molar-refractivity contribution in [3.05, 3.63) is 29.3 Å². The molecule has 0 amide bonds. The van der Waals surface area contributed by atoms with E-state index in [0.717, 1.165) is 23.7 Å². The number of hydrogen-bond donors (Lipinski definition) is 0. The maximum Gasteiger partial charge on any atom is 0.161 e. The highest BCUT2D eigenvalue weighted by Gasteiger charge is 2.22. The predicted octanol–water partition coefficient (Wildman–Crippen LogP) is 2.70. The van der Waals surface area contributed by atoms with E-state index in [-0.39, 0.29) is 5.78 Å². The number of rotatable bonds is 2. The van der Waals surface area contributed by atoms with Gasteiger partial charge in [0, 0.05) is 35.3 Å². The van der Waals surface area contributed by atoms with Gasteiger partial charge in [-0.2, -0.15) is 17.0 Å². The summed E-state index contributed by atoms with van der Waals surface area (Å²) in [6.45, 7) is 4.67. The van der Waals surface area contributed by atoms with Gasteiger partial charge in [0.2, 0.25) is 0 Å². The molecule has 0 bridgehead atoms. The van der Waals surface area contributed by atoms with E-state index in [1.807, 2.05) is 17.8 Å². The third-order valence-electron chi connectivity index (χ3n) is 3.18. The monoisotopic (exact) mass is 260 g/mol. The van der Waals surface area contributed by atoms with E-state index in [2.05, 4.69) is 17.9 Å². The molecule has 1 atom stereocenters. The molecule has 1 aromatic rings. The summed E-state index contributed by atoms with van der Waals surface area (Å²) in [6, 6.07) is 7.86. The van der Waals surface area contributed by atoms with E-state index < -0.39 is 0 Å². The lowest BCUT2D eigenvalue weighted by Crippen LogP contribution is -2.41. The van der Waals surface area contributed by atoms with Gasteiger partial charge in [-0.05, 0) is 32.0 Å². The molecule has 1 aliphatic heterocycles. The molecule has 1 saturated heterocycles. The molecule has 0 N–H and O–H groups in total. The van der Waals surface area contributed by atoms with Crippen molar-refractivity contribution in [2.24, 2.45) is 0 Å². The smallest absolute Gasteiger partial charge is 0.161 e. The minimum absolute atomic E-state index is 0.0555. The van der Waals surface area contributed by atoms with Crippen molar-refractivity contribution in [1.82, 2.24) is 0 Å². The fourth-order valence-electron chi connectivity index (χ4n) is 2.22. The second-order valence-corrected chi connectivity index (χ2v) is 5.67. The summed E-state index contributed by atoms with van der Waals surface area (Å²) in [5.41, 5.74) is 2.24. The van der Waals surface area contributed by atoms with Gasteiger partial charge in [0.05, 0.1) is 11.6 Å². The Hall–Kier alpha value is -1.47. The van der Waals surface area contributed by atoms with Crippen molar-refractivity contribution in [2.75, 3.05) is 23.0 Å². The highest BCUT2D eigenvalue weighted by molar-refractivity contribution is 7.99. The second kappa shape index (κ2) is 5.45. The number of thioether (sulfide) groups is 1. The SMILES string of the molecule is CC(=O)c1ccc(C#N)cc1N1CCSCC1C. The quantitative estimate of drug-likeness (QED) is 0.767. The maximum atomic E-state index is 11.7. The van der Waals surface area contributed by atoms with Gasteiger partial charge in [0.1, 0.15) is 0 Å². The zero-order valence-corrected chi connectivity index (χ0v) is 11.5. The van der Waals surface area contributed by atoms with Gasteiger partial charge in [-0.25, -0.2) is 0 Å². The number of hydrogen-bond acceptors (Lipinski definition) is 4. The van der Waals surface area contributed by atoms with Crippen LogP contribution in [0.25, 0.3) is 0 Å². The molecule has 1 heterocycles. The molecular formula is C14H16N2OS. The zero-order valence-electron chi connectivity index (χ0n) is 10.6. The number of benzene rings is 1. The standard InChI is InChI=1S/C14H16N2OS/c1-10-9-18-6-5-16(10)14-7-12(8-15)3-4-13(14)11(2)17/h3-4,7,10H,5-6,9H2,1-2H3. The van der Waals surface area contributed by atoms with Crippen LogP contribution in [0.4, 0.5) is 5.69 Å². The van der Waals surface area contributed by atoms with Crippen LogP contribution in [0.1, 0.15) is 29.8 Å². The molecule has 0 aliphatic carbocycles. The number of carbonyl (C=O) groups is 1. The minimum Gasteiger partial charge on any atom is -0.367 e. The lowest BCUT2D eigenvalue weighted by Gasteiger charge is -2.36. The first kappa shape index (κ1) is 13.0. The Morgan fingerprint density at radius 2 is 2.33 bits per heavy atom. The van der Waals surface area contributed by atoms with Gasteiger partial charge < -0.3 is 4.90 Å². The van der Waals surface area contributed by atoms with Crippen LogP contribution in [0.3, 0.4) is 0 Å². The highest BCUT2D eigenvalue weighted by Crippen LogP contribution is 2.28. The Morgan fingerprint density at radius 3 is 2.94 bits per heavy atom. The van der Waals surface area contributed by atoms with E-state index in [4.69, 9.17) is 5.26 Å². The second-order valence-electron chi connectivity index (χ2n) is 4.52. The largest absolute Gasteiger partial charge is 0.367 e. The van der Waals surface area contributed by atoms with Gasteiger partial charge in [0.15, 0.2) is 5.78 Å². The third-order valence-corrected chi connectivity index (χ3v) is 4.37. The molecule has 0 saturated carbocycles. The summed E-state index contributed by atoms with van der Waals surface area (Å²) in [6.07, 6.45) is 0. The first-order valence-corrected chi connectivity index (χ1v) is 7.18. The van der Waals surface area contributed by atoms with Crippen molar-refractivity contribution in [1.29, 1.82) is 5.26 Å². The number of anilines is 1. The van der Waals surface area contributed by atoms with Crippen molar-refractivity contribution >= 4 is 23.2 Å². The Kier molecular flexibility index (Phi) is 3.93. The molecule has 0 radical (unpaired) electrons. The lowest BCUT2D eigenvalue weighted by molar-refractivity contribution is 0.101. The highest BCUT2D eigenvalue weighted by atomic mass is 32.2. The Labute approximate surface area is 112 Å². The number of ketones is 1. The molecule has 1 unspecified atom stereocenters. The predicted molar refractivity (Wildman–Crippen MR) is 75.3 cm³/mol. The fourth-order valence-corrected chi connectivity index (χ4v) is 3.24. The van der Waals surface area contributed by atoms with Crippen LogP contribution in [0.2, 0.25) is 0 Å². The molecule has 3 nitrogen and oxygen atoms in total. The summed E-state index contributed by atoms with van der Waals surface area (Å²) in [4.78, 5) is 13.9. The topological polar surface area (TPSA) is 44.1 Å². The Morgan fingerprint density at radius 1 is 1.56 bits per heavy atom. The van der Waals surface area contributed by atoms with Gasteiger partial charge in [0.25, 0.3) is 0 Å². The Bertz CT molecular complexity index is 507. The van der Waals surface area contributed by atoms with Crippen LogP contribution >= 0.6 is 11.8 Å². The molecule has 1 fully saturated rings. The average Bonchev–Trinajstić information content (AvgIpc) is 2.38. The molecule has 2 rings (SSSR count). The van der Waals surface area contributed by atoms with Crippen molar-refractivity contribution < 1.29 is 4.79 Å². The average molecular weight is 260 g/mol. The minimum atomic E-state index is 0.0555. The van der Waals surface area contributed by atoms with Crippen molar-refractivity contribution in [3.63, 3.8) is 0 Å². The summed E-state index contributed by atoms with van der Waals surface area (Å²) in [5.74, 6) is 2.19. The van der Waals surface area contributed by atoms with E-state index in [1.165, 1.54) is 0 Å². The van der Waals surface area contributed by atoms with Crippen LogP contribution in [0, 0.1) is 11.3 Å². The summed E-state index contributed by atoms with van der Waals surface area (Å²) in [7, 11) is 0. The summed E-state index contributed by atoms with van der Waals surface area (Å²) >= 11 is 1.93. The fraction of sp³-hybridized carbons (Fsp3) is 0.429. The van der Waals surface area contributed by atoms with Crippen LogP contribution in [-0.2, 0) is 0 Å². The zero-order chi connectivity index (χ0) is 13.1. The first-order chi connectivity index (χ1) is 8.63. The third kappa shape index (κ3) is 2.51. The molecule has 0 spiro atoms. The summed E-state index contributed by atoms with van der Waals surface area (Å²) in [5, 5.41) is 9.00. The molecular weight excluding hydrogens is 244 g/mol. The van der Waals surface area contributed by atoms with Gasteiger partial charge in [-0.1, -0.05) is 0 Å². The Balaban J connectivity index is 2.46. The lowest BCUT2D eigenvalue weighted by atomic mass is 10.0. The number of Topliss-reactive ketones (excluding diaryl/α,β-unsaturated/α-hetero) is 1. The number of carbonyl (C=O) groups excluding carboxylic acids is 1. The molecule has 18 heavy (non-hydrogen) atoms. The van der Waals surface area contributed by atoms with Crippen LogP contribution < -0.4 is 4.90 Å². The number of nitriles is 1. The maximum absolute atomic E-state index is 11.7. The molecule has 1 aromatic carbocycles. The first-order valence-electron chi connectivity index (χ1n) is 6.03. The molecule has 1 aliphatic rings. The van der Waals surface area contributed by atoms with Gasteiger partial charge in [-0.15, -0.1) is 0 Å². The van der Waals surface area contributed by atoms with Gasteiger partial charge in [-0.3, -0.25) is 4.79 Å².